The van der Waals surface area contributed by atoms with Crippen LogP contribution in [0.1, 0.15) is 24.8 Å². The van der Waals surface area contributed by atoms with Crippen LogP contribution < -0.4 is 14.2 Å². The van der Waals surface area contributed by atoms with Gasteiger partial charge >= 0.3 is 0 Å². The topological polar surface area (TPSA) is 51.5 Å². The number of rotatable bonds is 9. The second-order valence-corrected chi connectivity index (χ2v) is 5.04. The Bertz CT molecular complexity index is 632. The number of hydrogen-bond acceptors (Lipinski definition) is 4. The highest BCUT2D eigenvalue weighted by Gasteiger charge is 2.01. The molecule has 0 bridgehead atoms. The van der Waals surface area contributed by atoms with Crippen molar-refractivity contribution in [2.24, 2.45) is 0 Å². The first-order valence-corrected chi connectivity index (χ1v) is 7.72. The van der Waals surface area contributed by atoms with E-state index in [1.165, 1.54) is 0 Å². The highest BCUT2D eigenvalue weighted by molar-refractivity contribution is 5.39. The lowest BCUT2D eigenvalue weighted by Gasteiger charge is -2.10. The summed E-state index contributed by atoms with van der Waals surface area (Å²) in [7, 11) is 1.64. The van der Waals surface area contributed by atoms with Crippen LogP contribution >= 0.6 is 0 Å². The monoisotopic (exact) mass is 311 g/mol. The van der Waals surface area contributed by atoms with Crippen LogP contribution in [-0.2, 0) is 0 Å². The van der Waals surface area contributed by atoms with Gasteiger partial charge in [0.25, 0.3) is 0 Å². The molecule has 4 nitrogen and oxygen atoms in total. The molecule has 0 saturated carbocycles. The summed E-state index contributed by atoms with van der Waals surface area (Å²) in [5.74, 6) is 2.34. The van der Waals surface area contributed by atoms with E-state index in [9.17, 15) is 0 Å². The summed E-state index contributed by atoms with van der Waals surface area (Å²) >= 11 is 0. The van der Waals surface area contributed by atoms with Crippen molar-refractivity contribution >= 4 is 0 Å². The average molecular weight is 311 g/mol. The molecule has 0 N–H and O–H groups in total. The molecule has 0 aromatic heterocycles. The molecule has 0 heterocycles. The van der Waals surface area contributed by atoms with E-state index in [2.05, 4.69) is 6.07 Å². The summed E-state index contributed by atoms with van der Waals surface area (Å²) in [6.45, 7) is 1.33. The highest BCUT2D eigenvalue weighted by Crippen LogP contribution is 2.25. The SMILES string of the molecule is COc1ccccc1OCCCCCOc1ccc(C#N)cc1. The molecule has 2 rings (SSSR count). The predicted molar refractivity (Wildman–Crippen MR) is 89.0 cm³/mol. The van der Waals surface area contributed by atoms with Gasteiger partial charge in [-0.25, -0.2) is 0 Å². The molecule has 0 radical (unpaired) electrons. The van der Waals surface area contributed by atoms with Gasteiger partial charge in [-0.2, -0.15) is 5.26 Å². The Balaban J connectivity index is 1.58. The Hall–Kier alpha value is -2.67. The Labute approximate surface area is 137 Å². The van der Waals surface area contributed by atoms with E-state index < -0.39 is 0 Å². The number of nitriles is 1. The minimum Gasteiger partial charge on any atom is -0.494 e. The fourth-order valence-corrected chi connectivity index (χ4v) is 2.12. The number of unbranched alkanes of at least 4 members (excludes halogenated alkanes) is 2. The Kier molecular flexibility index (Phi) is 6.80. The first-order chi connectivity index (χ1) is 11.3. The molecule has 0 aliphatic heterocycles. The summed E-state index contributed by atoms with van der Waals surface area (Å²) in [5.41, 5.74) is 0.644. The molecule has 120 valence electrons. The van der Waals surface area contributed by atoms with Crippen LogP contribution in [0.25, 0.3) is 0 Å². The second-order valence-electron chi connectivity index (χ2n) is 5.04. The summed E-state index contributed by atoms with van der Waals surface area (Å²) < 4.78 is 16.6. The molecule has 0 spiro atoms. The lowest BCUT2D eigenvalue weighted by molar-refractivity contribution is 0.270. The van der Waals surface area contributed by atoms with E-state index in [0.29, 0.717) is 18.8 Å². The number of benzene rings is 2. The third kappa shape index (κ3) is 5.55. The normalized spacial score (nSPS) is 9.91. The highest BCUT2D eigenvalue weighted by atomic mass is 16.5. The number of nitrogens with zero attached hydrogens (tertiary/aromatic N) is 1. The summed E-state index contributed by atoms with van der Waals surface area (Å²) in [6, 6.07) is 16.9. The molecule has 23 heavy (non-hydrogen) atoms. The zero-order chi connectivity index (χ0) is 16.3. The first-order valence-electron chi connectivity index (χ1n) is 7.72. The maximum atomic E-state index is 8.73. The minimum absolute atomic E-state index is 0.644. The smallest absolute Gasteiger partial charge is 0.161 e. The molecular formula is C19H21NO3. The molecule has 0 atom stereocenters. The van der Waals surface area contributed by atoms with Crippen LogP contribution in [0.4, 0.5) is 0 Å². The summed E-state index contributed by atoms with van der Waals surface area (Å²) in [6.07, 6.45) is 2.97. The van der Waals surface area contributed by atoms with Gasteiger partial charge in [0.15, 0.2) is 11.5 Å². The van der Waals surface area contributed by atoms with E-state index in [-0.39, 0.29) is 0 Å². The molecule has 0 aliphatic carbocycles. The third-order valence-electron chi connectivity index (χ3n) is 3.37. The number of methoxy groups -OCH3 is 1. The number of para-hydroxylation sites is 2. The average Bonchev–Trinajstić information content (AvgIpc) is 2.61. The van der Waals surface area contributed by atoms with E-state index in [0.717, 1.165) is 36.5 Å². The molecule has 0 amide bonds. The fourth-order valence-electron chi connectivity index (χ4n) is 2.12. The summed E-state index contributed by atoms with van der Waals surface area (Å²) in [4.78, 5) is 0. The zero-order valence-corrected chi connectivity index (χ0v) is 13.3. The predicted octanol–water partition coefficient (Wildman–Crippen LogP) is 4.19. The first kappa shape index (κ1) is 16.7. The van der Waals surface area contributed by atoms with Gasteiger partial charge in [-0.05, 0) is 55.7 Å². The minimum atomic E-state index is 0.644. The van der Waals surface area contributed by atoms with Gasteiger partial charge in [-0.3, -0.25) is 0 Å². The van der Waals surface area contributed by atoms with Gasteiger partial charge in [0.2, 0.25) is 0 Å². The van der Waals surface area contributed by atoms with Crippen molar-refractivity contribution in [2.75, 3.05) is 20.3 Å². The van der Waals surface area contributed by atoms with Crippen molar-refractivity contribution in [3.63, 3.8) is 0 Å². The Morgan fingerprint density at radius 1 is 0.826 bits per heavy atom. The van der Waals surface area contributed by atoms with Crippen LogP contribution in [0.15, 0.2) is 48.5 Å². The van der Waals surface area contributed by atoms with Crippen LogP contribution in [0, 0.1) is 11.3 Å². The van der Waals surface area contributed by atoms with Crippen molar-refractivity contribution in [3.8, 4) is 23.3 Å². The maximum Gasteiger partial charge on any atom is 0.161 e. The van der Waals surface area contributed by atoms with Gasteiger partial charge in [0.05, 0.1) is 32.0 Å². The van der Waals surface area contributed by atoms with Crippen molar-refractivity contribution < 1.29 is 14.2 Å². The lowest BCUT2D eigenvalue weighted by Crippen LogP contribution is -2.01. The van der Waals surface area contributed by atoms with Gasteiger partial charge in [0.1, 0.15) is 5.75 Å². The fraction of sp³-hybridized carbons (Fsp3) is 0.316. The van der Waals surface area contributed by atoms with E-state index >= 15 is 0 Å². The van der Waals surface area contributed by atoms with Gasteiger partial charge < -0.3 is 14.2 Å². The molecule has 0 fully saturated rings. The molecule has 2 aromatic rings. The van der Waals surface area contributed by atoms with Crippen LogP contribution in [0.3, 0.4) is 0 Å². The molecule has 4 heteroatoms. The molecule has 0 aliphatic rings. The second kappa shape index (κ2) is 9.37. The zero-order valence-electron chi connectivity index (χ0n) is 13.3. The van der Waals surface area contributed by atoms with Gasteiger partial charge in [0, 0.05) is 0 Å². The van der Waals surface area contributed by atoms with E-state index in [1.807, 2.05) is 36.4 Å². The molecule has 0 saturated heterocycles. The summed E-state index contributed by atoms with van der Waals surface area (Å²) in [5, 5.41) is 8.73. The van der Waals surface area contributed by atoms with Crippen molar-refractivity contribution in [2.45, 2.75) is 19.3 Å². The van der Waals surface area contributed by atoms with Gasteiger partial charge in [-0.1, -0.05) is 12.1 Å². The number of ether oxygens (including phenoxy) is 3. The van der Waals surface area contributed by atoms with Crippen molar-refractivity contribution in [1.82, 2.24) is 0 Å². The number of hydrogen-bond donors (Lipinski definition) is 0. The standard InChI is InChI=1S/C19H21NO3/c1-21-18-7-3-4-8-19(18)23-14-6-2-5-13-22-17-11-9-16(15-20)10-12-17/h3-4,7-12H,2,5-6,13-14H2,1H3. The molecule has 0 unspecified atom stereocenters. The largest absolute Gasteiger partial charge is 0.494 e. The Morgan fingerprint density at radius 2 is 1.48 bits per heavy atom. The van der Waals surface area contributed by atoms with Crippen LogP contribution in [0.2, 0.25) is 0 Å². The van der Waals surface area contributed by atoms with Crippen molar-refractivity contribution in [1.29, 1.82) is 5.26 Å². The third-order valence-corrected chi connectivity index (χ3v) is 3.37. The maximum absolute atomic E-state index is 8.73. The van der Waals surface area contributed by atoms with Crippen molar-refractivity contribution in [3.05, 3.63) is 54.1 Å². The van der Waals surface area contributed by atoms with E-state index in [4.69, 9.17) is 19.5 Å². The molecule has 2 aromatic carbocycles. The quantitative estimate of drug-likeness (QED) is 0.651. The van der Waals surface area contributed by atoms with Crippen LogP contribution in [0.5, 0.6) is 17.2 Å². The Morgan fingerprint density at radius 3 is 2.13 bits per heavy atom. The van der Waals surface area contributed by atoms with E-state index in [1.54, 1.807) is 19.2 Å². The lowest BCUT2D eigenvalue weighted by atomic mass is 10.2. The van der Waals surface area contributed by atoms with Gasteiger partial charge in [-0.15, -0.1) is 0 Å². The molecular weight excluding hydrogens is 290 g/mol. The van der Waals surface area contributed by atoms with Crippen LogP contribution in [-0.4, -0.2) is 20.3 Å².